The number of nitrogens with one attached hydrogen (secondary N) is 1. The number of aromatic nitrogens is 2. The molecule has 5 heteroatoms. The summed E-state index contributed by atoms with van der Waals surface area (Å²) in [5.74, 6) is 0.822. The molecule has 1 aromatic carbocycles. The van der Waals surface area contributed by atoms with Gasteiger partial charge in [0.2, 0.25) is 0 Å². The Hall–Kier alpha value is -2.27. The molecule has 0 bridgehead atoms. The van der Waals surface area contributed by atoms with E-state index in [9.17, 15) is 0 Å². The van der Waals surface area contributed by atoms with Gasteiger partial charge in [-0.3, -0.25) is 4.68 Å². The zero-order valence-corrected chi connectivity index (χ0v) is 14.1. The van der Waals surface area contributed by atoms with E-state index < -0.39 is 0 Å². The molecule has 0 saturated carbocycles. The lowest BCUT2D eigenvalue weighted by Gasteiger charge is -2.10. The second kappa shape index (κ2) is 7.83. The number of rotatable bonds is 8. The third-order valence-electron chi connectivity index (χ3n) is 3.63. The lowest BCUT2D eigenvalue weighted by molar-refractivity contribution is 0.268. The molecule has 23 heavy (non-hydrogen) atoms. The first-order chi connectivity index (χ1) is 11.0. The molecule has 1 heterocycles. The predicted molar refractivity (Wildman–Crippen MR) is 92.9 cm³/mol. The van der Waals surface area contributed by atoms with Gasteiger partial charge in [0.05, 0.1) is 18.8 Å². The van der Waals surface area contributed by atoms with Gasteiger partial charge in [-0.05, 0) is 38.5 Å². The highest BCUT2D eigenvalue weighted by atomic mass is 16.5. The minimum Gasteiger partial charge on any atom is -0.489 e. The van der Waals surface area contributed by atoms with Gasteiger partial charge < -0.3 is 15.2 Å². The molecule has 2 rings (SSSR count). The Morgan fingerprint density at radius 2 is 2.17 bits per heavy atom. The van der Waals surface area contributed by atoms with Crippen molar-refractivity contribution in [2.24, 2.45) is 0 Å². The average molecular weight is 315 g/mol. The molecule has 0 spiro atoms. The summed E-state index contributed by atoms with van der Waals surface area (Å²) in [5.41, 5.74) is 5.22. The normalized spacial score (nSPS) is 10.6. The van der Waals surface area contributed by atoms with Crippen LogP contribution in [-0.4, -0.2) is 28.1 Å². The van der Waals surface area contributed by atoms with E-state index in [-0.39, 0.29) is 6.61 Å². The monoisotopic (exact) mass is 315 g/mol. The van der Waals surface area contributed by atoms with Gasteiger partial charge in [0.15, 0.2) is 0 Å². The molecule has 0 unspecified atom stereocenters. The SMILES string of the molecule is C=C(C)COc1cccc(NCc2c(C)nn(CCO)c2C)c1. The van der Waals surface area contributed by atoms with Crippen LogP contribution in [0.1, 0.15) is 23.9 Å². The van der Waals surface area contributed by atoms with Gasteiger partial charge in [-0.15, -0.1) is 0 Å². The van der Waals surface area contributed by atoms with Gasteiger partial charge in [0.25, 0.3) is 0 Å². The van der Waals surface area contributed by atoms with Crippen molar-refractivity contribution in [3.05, 3.63) is 53.4 Å². The van der Waals surface area contributed by atoms with Crippen molar-refractivity contribution in [1.29, 1.82) is 0 Å². The Morgan fingerprint density at radius 1 is 1.39 bits per heavy atom. The second-order valence-corrected chi connectivity index (χ2v) is 5.72. The molecule has 0 fully saturated rings. The highest BCUT2D eigenvalue weighted by molar-refractivity contribution is 5.49. The van der Waals surface area contributed by atoms with Crippen molar-refractivity contribution in [1.82, 2.24) is 9.78 Å². The first-order valence-electron chi connectivity index (χ1n) is 7.76. The minimum absolute atomic E-state index is 0.0942. The summed E-state index contributed by atoms with van der Waals surface area (Å²) in [6, 6.07) is 7.89. The summed E-state index contributed by atoms with van der Waals surface area (Å²) in [6.45, 7) is 11.6. The summed E-state index contributed by atoms with van der Waals surface area (Å²) in [7, 11) is 0. The van der Waals surface area contributed by atoms with Crippen LogP contribution >= 0.6 is 0 Å². The Bertz CT molecular complexity index is 677. The number of hydrogen-bond donors (Lipinski definition) is 2. The van der Waals surface area contributed by atoms with Gasteiger partial charge in [0, 0.05) is 29.6 Å². The molecule has 0 atom stereocenters. The molecule has 0 aliphatic carbocycles. The maximum atomic E-state index is 9.08. The fraction of sp³-hybridized carbons (Fsp3) is 0.389. The molecule has 2 aromatic rings. The van der Waals surface area contributed by atoms with Crippen molar-refractivity contribution >= 4 is 5.69 Å². The standard InChI is InChI=1S/C18H25N3O2/c1-13(2)12-23-17-7-5-6-16(10-17)19-11-18-14(3)20-21(8-9-22)15(18)4/h5-7,10,19,22H,1,8-9,11-12H2,2-4H3. The quantitative estimate of drug-likeness (QED) is 0.735. The van der Waals surface area contributed by atoms with E-state index in [2.05, 4.69) is 17.0 Å². The van der Waals surface area contributed by atoms with E-state index >= 15 is 0 Å². The van der Waals surface area contributed by atoms with E-state index in [0.717, 1.165) is 34.0 Å². The fourth-order valence-corrected chi connectivity index (χ4v) is 2.40. The summed E-state index contributed by atoms with van der Waals surface area (Å²) in [5, 5.41) is 16.9. The maximum Gasteiger partial charge on any atom is 0.121 e. The molecular formula is C18H25N3O2. The smallest absolute Gasteiger partial charge is 0.121 e. The van der Waals surface area contributed by atoms with E-state index in [4.69, 9.17) is 9.84 Å². The van der Waals surface area contributed by atoms with Gasteiger partial charge in [-0.1, -0.05) is 12.6 Å². The Balaban J connectivity index is 2.03. The van der Waals surface area contributed by atoms with Crippen molar-refractivity contribution in [2.75, 3.05) is 18.5 Å². The largest absolute Gasteiger partial charge is 0.489 e. The number of aryl methyl sites for hydroxylation is 1. The van der Waals surface area contributed by atoms with Crippen molar-refractivity contribution in [3.8, 4) is 5.75 Å². The average Bonchev–Trinajstić information content (AvgIpc) is 2.78. The number of nitrogens with zero attached hydrogens (tertiary/aromatic N) is 2. The molecule has 5 nitrogen and oxygen atoms in total. The van der Waals surface area contributed by atoms with E-state index in [1.807, 2.05) is 49.7 Å². The molecule has 2 N–H and O–H groups in total. The summed E-state index contributed by atoms with van der Waals surface area (Å²) in [6.07, 6.45) is 0. The molecule has 0 aliphatic heterocycles. The third-order valence-corrected chi connectivity index (χ3v) is 3.63. The second-order valence-electron chi connectivity index (χ2n) is 5.72. The van der Waals surface area contributed by atoms with Crippen LogP contribution < -0.4 is 10.1 Å². The van der Waals surface area contributed by atoms with E-state index in [1.54, 1.807) is 0 Å². The van der Waals surface area contributed by atoms with Gasteiger partial charge in [-0.2, -0.15) is 5.10 Å². The zero-order chi connectivity index (χ0) is 16.8. The number of benzene rings is 1. The lowest BCUT2D eigenvalue weighted by atomic mass is 10.2. The highest BCUT2D eigenvalue weighted by Gasteiger charge is 2.11. The summed E-state index contributed by atoms with van der Waals surface area (Å²) in [4.78, 5) is 0. The zero-order valence-electron chi connectivity index (χ0n) is 14.1. The first kappa shape index (κ1) is 17.1. The summed E-state index contributed by atoms with van der Waals surface area (Å²) < 4.78 is 7.51. The third kappa shape index (κ3) is 4.60. The van der Waals surface area contributed by atoms with E-state index in [0.29, 0.717) is 19.7 Å². The maximum absolute atomic E-state index is 9.08. The van der Waals surface area contributed by atoms with Crippen LogP contribution in [0.5, 0.6) is 5.75 Å². The molecular weight excluding hydrogens is 290 g/mol. The van der Waals surface area contributed by atoms with Crippen LogP contribution in [0.3, 0.4) is 0 Å². The van der Waals surface area contributed by atoms with Gasteiger partial charge in [0.1, 0.15) is 12.4 Å². The Labute approximate surface area is 137 Å². The molecule has 124 valence electrons. The Morgan fingerprint density at radius 3 is 2.87 bits per heavy atom. The van der Waals surface area contributed by atoms with Crippen molar-refractivity contribution in [3.63, 3.8) is 0 Å². The first-order valence-corrected chi connectivity index (χ1v) is 7.76. The summed E-state index contributed by atoms with van der Waals surface area (Å²) >= 11 is 0. The van der Waals surface area contributed by atoms with Crippen molar-refractivity contribution < 1.29 is 9.84 Å². The number of ether oxygens (including phenoxy) is 1. The molecule has 0 radical (unpaired) electrons. The van der Waals surface area contributed by atoms with Crippen LogP contribution in [0, 0.1) is 13.8 Å². The van der Waals surface area contributed by atoms with Crippen LogP contribution in [-0.2, 0) is 13.1 Å². The van der Waals surface area contributed by atoms with Crippen molar-refractivity contribution in [2.45, 2.75) is 33.9 Å². The van der Waals surface area contributed by atoms with Crippen LogP contribution in [0.25, 0.3) is 0 Å². The molecule has 0 amide bonds. The van der Waals surface area contributed by atoms with Crippen LogP contribution in [0.4, 0.5) is 5.69 Å². The van der Waals surface area contributed by atoms with Gasteiger partial charge in [-0.25, -0.2) is 0 Å². The number of aliphatic hydroxyl groups is 1. The lowest BCUT2D eigenvalue weighted by Crippen LogP contribution is -2.07. The van der Waals surface area contributed by atoms with E-state index in [1.165, 1.54) is 0 Å². The predicted octanol–water partition coefficient (Wildman–Crippen LogP) is 3.06. The van der Waals surface area contributed by atoms with Crippen LogP contribution in [0.2, 0.25) is 0 Å². The van der Waals surface area contributed by atoms with Gasteiger partial charge >= 0.3 is 0 Å². The Kier molecular flexibility index (Phi) is 5.82. The minimum atomic E-state index is 0.0942. The number of anilines is 1. The molecule has 0 saturated heterocycles. The molecule has 0 aliphatic rings. The number of hydrogen-bond acceptors (Lipinski definition) is 4. The fourth-order valence-electron chi connectivity index (χ4n) is 2.40. The molecule has 1 aromatic heterocycles. The number of aliphatic hydroxyl groups excluding tert-OH is 1. The highest BCUT2D eigenvalue weighted by Crippen LogP contribution is 2.20. The topological polar surface area (TPSA) is 59.3 Å². The van der Waals surface area contributed by atoms with Crippen LogP contribution in [0.15, 0.2) is 36.4 Å².